The molecule has 10 unspecified atom stereocenters. The van der Waals surface area contributed by atoms with E-state index in [4.69, 9.17) is 0 Å². The van der Waals surface area contributed by atoms with Crippen LogP contribution in [0.5, 0.6) is 0 Å². The van der Waals surface area contributed by atoms with Crippen LogP contribution in [0, 0.1) is 58.2 Å². The predicted molar refractivity (Wildman–Crippen MR) is 133 cm³/mol. The van der Waals surface area contributed by atoms with Crippen molar-refractivity contribution in [3.63, 3.8) is 0 Å². The van der Waals surface area contributed by atoms with E-state index in [1.807, 2.05) is 11.1 Å². The SMILES string of the molecule is CC(C)C(C)C(C)CC(C)C1CCC2C3=C(CCC21C)C1(C)CCC(O)C(C)C1CC3. The maximum atomic E-state index is 10.5. The summed E-state index contributed by atoms with van der Waals surface area (Å²) in [6.07, 6.45) is 11.9. The molecule has 2 fully saturated rings. The molecule has 1 nitrogen and oxygen atoms in total. The van der Waals surface area contributed by atoms with Gasteiger partial charge in [0.1, 0.15) is 0 Å². The molecule has 0 spiro atoms. The lowest BCUT2D eigenvalue weighted by molar-refractivity contribution is -0.0338. The molecule has 0 aromatic carbocycles. The second-order valence-corrected chi connectivity index (χ2v) is 13.6. The number of hydrogen-bond acceptors (Lipinski definition) is 1. The summed E-state index contributed by atoms with van der Waals surface area (Å²) >= 11 is 0. The number of hydrogen-bond donors (Lipinski definition) is 1. The van der Waals surface area contributed by atoms with E-state index in [-0.39, 0.29) is 6.10 Å². The Morgan fingerprint density at radius 1 is 0.935 bits per heavy atom. The van der Waals surface area contributed by atoms with Crippen LogP contribution in [0.1, 0.15) is 113 Å². The predicted octanol–water partition coefficient (Wildman–Crippen LogP) is 8.27. The van der Waals surface area contributed by atoms with Crippen LogP contribution >= 0.6 is 0 Å². The number of fused-ring (bicyclic) bond motifs is 4. The summed E-state index contributed by atoms with van der Waals surface area (Å²) in [5.74, 6) is 6.24. The van der Waals surface area contributed by atoms with Gasteiger partial charge in [0.15, 0.2) is 0 Å². The maximum Gasteiger partial charge on any atom is 0.0569 e. The van der Waals surface area contributed by atoms with E-state index < -0.39 is 0 Å². The standard InChI is InChI=1S/C30H52O/c1-18(2)21(5)19(3)17-20(4)24-11-12-26-23-9-10-25-22(6)28(31)14-16-30(25,8)27(23)13-15-29(24,26)7/h18-22,24-26,28,31H,9-17H2,1-8H3. The minimum atomic E-state index is -0.0685. The van der Waals surface area contributed by atoms with Crippen LogP contribution in [0.4, 0.5) is 0 Å². The first kappa shape index (κ1) is 23.8. The molecule has 0 radical (unpaired) electrons. The lowest BCUT2D eigenvalue weighted by atomic mass is 9.49. The van der Waals surface area contributed by atoms with Gasteiger partial charge in [-0.1, -0.05) is 66.5 Å². The Hall–Kier alpha value is -0.300. The summed E-state index contributed by atoms with van der Waals surface area (Å²) in [6.45, 7) is 20.0. The molecule has 31 heavy (non-hydrogen) atoms. The van der Waals surface area contributed by atoms with Gasteiger partial charge in [-0.25, -0.2) is 0 Å². The van der Waals surface area contributed by atoms with E-state index in [1.54, 1.807) is 0 Å². The van der Waals surface area contributed by atoms with Gasteiger partial charge in [-0.05, 0) is 116 Å². The summed E-state index contributed by atoms with van der Waals surface area (Å²) < 4.78 is 0. The monoisotopic (exact) mass is 428 g/mol. The summed E-state index contributed by atoms with van der Waals surface area (Å²) in [7, 11) is 0. The van der Waals surface area contributed by atoms with E-state index in [1.165, 1.54) is 51.4 Å². The van der Waals surface area contributed by atoms with Crippen molar-refractivity contribution in [3.05, 3.63) is 11.1 Å². The first-order chi connectivity index (χ1) is 14.5. The minimum absolute atomic E-state index is 0.0685. The molecule has 0 aromatic rings. The average Bonchev–Trinajstić information content (AvgIpc) is 3.07. The van der Waals surface area contributed by atoms with Gasteiger partial charge in [0, 0.05) is 0 Å². The lowest BCUT2D eigenvalue weighted by Gasteiger charge is -2.57. The van der Waals surface area contributed by atoms with E-state index in [2.05, 4.69) is 55.4 Å². The Kier molecular flexibility index (Phi) is 6.53. The molecule has 1 heteroatoms. The molecule has 0 bridgehead atoms. The molecule has 4 rings (SSSR count). The molecule has 0 aromatic heterocycles. The third-order valence-electron chi connectivity index (χ3n) is 11.9. The van der Waals surface area contributed by atoms with E-state index >= 15 is 0 Å². The number of allylic oxidation sites excluding steroid dienone is 2. The Morgan fingerprint density at radius 2 is 1.65 bits per heavy atom. The van der Waals surface area contributed by atoms with Crippen molar-refractivity contribution < 1.29 is 5.11 Å². The normalized spacial score (nSPS) is 45.7. The molecular formula is C30H52O. The Bertz CT molecular complexity index is 691. The van der Waals surface area contributed by atoms with Crippen LogP contribution in [0.25, 0.3) is 0 Å². The fourth-order valence-electron chi connectivity index (χ4n) is 9.51. The smallest absolute Gasteiger partial charge is 0.0569 e. The highest BCUT2D eigenvalue weighted by Crippen LogP contribution is 2.66. The van der Waals surface area contributed by atoms with Gasteiger partial charge in [0.25, 0.3) is 0 Å². The molecule has 0 saturated heterocycles. The first-order valence-corrected chi connectivity index (χ1v) is 13.9. The molecular weight excluding hydrogens is 376 g/mol. The second-order valence-electron chi connectivity index (χ2n) is 13.6. The maximum absolute atomic E-state index is 10.5. The van der Waals surface area contributed by atoms with Gasteiger partial charge < -0.3 is 5.11 Å². The van der Waals surface area contributed by atoms with E-state index in [0.29, 0.717) is 22.7 Å². The zero-order chi connectivity index (χ0) is 22.7. The van der Waals surface area contributed by atoms with Crippen LogP contribution in [0.2, 0.25) is 0 Å². The van der Waals surface area contributed by atoms with Gasteiger partial charge in [0.05, 0.1) is 6.10 Å². The first-order valence-electron chi connectivity index (χ1n) is 13.9. The molecule has 0 amide bonds. The van der Waals surface area contributed by atoms with E-state index in [0.717, 1.165) is 41.9 Å². The van der Waals surface area contributed by atoms with Crippen LogP contribution in [-0.2, 0) is 0 Å². The van der Waals surface area contributed by atoms with Gasteiger partial charge in [-0.2, -0.15) is 0 Å². The second kappa shape index (κ2) is 8.48. The van der Waals surface area contributed by atoms with Crippen LogP contribution in [-0.4, -0.2) is 11.2 Å². The number of rotatable bonds is 5. The van der Waals surface area contributed by atoms with Gasteiger partial charge in [-0.15, -0.1) is 0 Å². The minimum Gasteiger partial charge on any atom is -0.393 e. The lowest BCUT2D eigenvalue weighted by Crippen LogP contribution is -2.49. The zero-order valence-corrected chi connectivity index (χ0v) is 22.0. The van der Waals surface area contributed by atoms with Crippen molar-refractivity contribution in [2.75, 3.05) is 0 Å². The highest BCUT2D eigenvalue weighted by atomic mass is 16.3. The number of aliphatic hydroxyl groups excluding tert-OH is 1. The average molecular weight is 429 g/mol. The van der Waals surface area contributed by atoms with Gasteiger partial charge in [-0.3, -0.25) is 0 Å². The molecule has 178 valence electrons. The summed E-state index contributed by atoms with van der Waals surface area (Å²) in [6, 6.07) is 0. The quantitative estimate of drug-likeness (QED) is 0.437. The molecule has 0 heterocycles. The van der Waals surface area contributed by atoms with Crippen molar-refractivity contribution in [1.29, 1.82) is 0 Å². The molecule has 2 saturated carbocycles. The highest BCUT2D eigenvalue weighted by Gasteiger charge is 2.56. The Balaban J connectivity index is 1.55. The van der Waals surface area contributed by atoms with Gasteiger partial charge >= 0.3 is 0 Å². The van der Waals surface area contributed by atoms with Crippen LogP contribution < -0.4 is 0 Å². The van der Waals surface area contributed by atoms with Crippen LogP contribution in [0.3, 0.4) is 0 Å². The van der Waals surface area contributed by atoms with E-state index in [9.17, 15) is 5.11 Å². The van der Waals surface area contributed by atoms with Crippen molar-refractivity contribution >= 4 is 0 Å². The highest BCUT2D eigenvalue weighted by molar-refractivity contribution is 5.34. The van der Waals surface area contributed by atoms with Gasteiger partial charge in [0.2, 0.25) is 0 Å². The largest absolute Gasteiger partial charge is 0.393 e. The third-order valence-corrected chi connectivity index (χ3v) is 11.9. The van der Waals surface area contributed by atoms with Crippen LogP contribution in [0.15, 0.2) is 11.1 Å². The van der Waals surface area contributed by atoms with Crippen molar-refractivity contribution in [2.24, 2.45) is 58.2 Å². The topological polar surface area (TPSA) is 20.2 Å². The Labute approximate surface area is 193 Å². The fraction of sp³-hybridized carbons (Fsp3) is 0.933. The Morgan fingerprint density at radius 3 is 2.32 bits per heavy atom. The number of aliphatic hydroxyl groups is 1. The van der Waals surface area contributed by atoms with Crippen molar-refractivity contribution in [3.8, 4) is 0 Å². The fourth-order valence-corrected chi connectivity index (χ4v) is 9.51. The third kappa shape index (κ3) is 3.77. The van der Waals surface area contributed by atoms with Crippen molar-refractivity contribution in [1.82, 2.24) is 0 Å². The zero-order valence-electron chi connectivity index (χ0n) is 22.0. The molecule has 4 aliphatic rings. The summed E-state index contributed by atoms with van der Waals surface area (Å²) in [4.78, 5) is 0. The molecule has 0 aliphatic heterocycles. The summed E-state index contributed by atoms with van der Waals surface area (Å²) in [5.41, 5.74) is 4.69. The molecule has 4 aliphatic carbocycles. The summed E-state index contributed by atoms with van der Waals surface area (Å²) in [5, 5.41) is 10.5. The molecule has 10 atom stereocenters. The molecule has 1 N–H and O–H groups in total. The van der Waals surface area contributed by atoms with Crippen molar-refractivity contribution in [2.45, 2.75) is 119 Å².